The van der Waals surface area contributed by atoms with Crippen molar-refractivity contribution in [2.45, 2.75) is 24.5 Å². The van der Waals surface area contributed by atoms with Gasteiger partial charge in [-0.15, -0.1) is 11.8 Å². The normalized spacial score (nSPS) is 21.1. The first-order valence-electron chi connectivity index (χ1n) is 8.59. The molecule has 0 spiro atoms. The Bertz CT molecular complexity index is 850. The second-order valence-corrected chi connectivity index (χ2v) is 8.51. The third-order valence-electron chi connectivity index (χ3n) is 4.78. The van der Waals surface area contributed by atoms with Crippen LogP contribution in [0.4, 0.5) is 0 Å². The monoisotopic (exact) mass is 421 g/mol. The quantitative estimate of drug-likeness (QED) is 0.770. The molecule has 0 aliphatic carbocycles. The standard InChI is InChI=1S/C19H20BrNO3S/c20-13-3-4-15-14(10-13)18(24-11-12-5-7-23-8-6-12)17(19(22)21-15)16-2-1-9-25-16/h1,3-4,9-10,12,16H,2,5-8,11H2,(H,21,22). The predicted octanol–water partition coefficient (Wildman–Crippen LogP) is 4.79. The van der Waals surface area contributed by atoms with E-state index in [1.165, 1.54) is 0 Å². The molecule has 1 aromatic carbocycles. The van der Waals surface area contributed by atoms with Crippen LogP contribution in [-0.4, -0.2) is 24.8 Å². The molecule has 132 valence electrons. The number of fused-ring (bicyclic) bond motifs is 1. The number of hydrogen-bond donors (Lipinski definition) is 1. The Morgan fingerprint density at radius 3 is 2.92 bits per heavy atom. The van der Waals surface area contributed by atoms with E-state index >= 15 is 0 Å². The summed E-state index contributed by atoms with van der Waals surface area (Å²) in [6.07, 6.45) is 5.00. The molecule has 3 heterocycles. The number of thioether (sulfide) groups is 1. The zero-order valence-corrected chi connectivity index (χ0v) is 16.2. The van der Waals surface area contributed by atoms with E-state index in [9.17, 15) is 4.79 Å². The Morgan fingerprint density at radius 1 is 1.32 bits per heavy atom. The zero-order chi connectivity index (χ0) is 17.2. The van der Waals surface area contributed by atoms with E-state index in [-0.39, 0.29) is 10.8 Å². The van der Waals surface area contributed by atoms with Gasteiger partial charge in [0.1, 0.15) is 5.75 Å². The van der Waals surface area contributed by atoms with Crippen LogP contribution in [0.25, 0.3) is 10.9 Å². The molecule has 1 unspecified atom stereocenters. The SMILES string of the molecule is O=c1[nH]c2ccc(Br)cc2c(OCC2CCOCC2)c1C1CC=CS1. The average Bonchev–Trinajstić information content (AvgIpc) is 3.15. The Balaban J connectivity index is 1.75. The summed E-state index contributed by atoms with van der Waals surface area (Å²) in [5, 5.41) is 3.15. The van der Waals surface area contributed by atoms with Crippen molar-refractivity contribution < 1.29 is 9.47 Å². The first-order chi connectivity index (χ1) is 12.2. The van der Waals surface area contributed by atoms with Gasteiger partial charge < -0.3 is 14.5 Å². The average molecular weight is 422 g/mol. The van der Waals surface area contributed by atoms with Gasteiger partial charge in [-0.3, -0.25) is 4.79 Å². The highest BCUT2D eigenvalue weighted by Gasteiger charge is 2.25. The maximum atomic E-state index is 12.8. The van der Waals surface area contributed by atoms with Gasteiger partial charge >= 0.3 is 0 Å². The van der Waals surface area contributed by atoms with Crippen molar-refractivity contribution in [2.75, 3.05) is 19.8 Å². The summed E-state index contributed by atoms with van der Waals surface area (Å²) < 4.78 is 12.7. The van der Waals surface area contributed by atoms with Crippen LogP contribution in [0.3, 0.4) is 0 Å². The van der Waals surface area contributed by atoms with Crippen LogP contribution in [0.5, 0.6) is 5.75 Å². The number of pyridine rings is 1. The first kappa shape index (κ1) is 17.2. The maximum Gasteiger partial charge on any atom is 0.256 e. The molecule has 0 saturated carbocycles. The lowest BCUT2D eigenvalue weighted by atomic mass is 10.0. The Kier molecular flexibility index (Phi) is 5.20. The summed E-state index contributed by atoms with van der Waals surface area (Å²) in [6, 6.07) is 5.89. The fraction of sp³-hybridized carbons (Fsp3) is 0.421. The maximum absolute atomic E-state index is 12.8. The fourth-order valence-corrected chi connectivity index (χ4v) is 4.73. The van der Waals surface area contributed by atoms with E-state index in [0.717, 1.165) is 59.2 Å². The fourth-order valence-electron chi connectivity index (χ4n) is 3.38. The summed E-state index contributed by atoms with van der Waals surface area (Å²) >= 11 is 5.22. The number of halogens is 1. The van der Waals surface area contributed by atoms with Gasteiger partial charge in [0.25, 0.3) is 5.56 Å². The lowest BCUT2D eigenvalue weighted by molar-refractivity contribution is 0.0498. The molecule has 1 N–H and O–H groups in total. The number of aromatic amines is 1. The van der Waals surface area contributed by atoms with Crippen LogP contribution >= 0.6 is 27.7 Å². The molecule has 4 rings (SSSR count). The van der Waals surface area contributed by atoms with Gasteiger partial charge in [0, 0.05) is 28.3 Å². The molecule has 0 bridgehead atoms. The number of ether oxygens (including phenoxy) is 2. The van der Waals surface area contributed by atoms with Crippen molar-refractivity contribution in [3.8, 4) is 5.75 Å². The summed E-state index contributed by atoms with van der Waals surface area (Å²) in [7, 11) is 0. The second kappa shape index (κ2) is 7.56. The summed E-state index contributed by atoms with van der Waals surface area (Å²) in [5.41, 5.74) is 1.53. The highest BCUT2D eigenvalue weighted by atomic mass is 79.9. The minimum atomic E-state index is -0.0435. The van der Waals surface area contributed by atoms with E-state index in [1.54, 1.807) is 11.8 Å². The molecule has 0 radical (unpaired) electrons. The highest BCUT2D eigenvalue weighted by molar-refractivity contribution is 9.10. The molecule has 4 nitrogen and oxygen atoms in total. The Labute approximate surface area is 159 Å². The van der Waals surface area contributed by atoms with E-state index in [4.69, 9.17) is 9.47 Å². The molecular formula is C19H20BrNO3S. The molecule has 6 heteroatoms. The molecule has 25 heavy (non-hydrogen) atoms. The summed E-state index contributed by atoms with van der Waals surface area (Å²) in [5.74, 6) is 1.23. The van der Waals surface area contributed by atoms with Crippen LogP contribution < -0.4 is 10.3 Å². The number of nitrogens with one attached hydrogen (secondary N) is 1. The topological polar surface area (TPSA) is 51.3 Å². The van der Waals surface area contributed by atoms with E-state index in [0.29, 0.717) is 12.5 Å². The number of H-pyrrole nitrogens is 1. The lowest BCUT2D eigenvalue weighted by Gasteiger charge is -2.24. The van der Waals surface area contributed by atoms with Gasteiger partial charge in [0.2, 0.25) is 0 Å². The van der Waals surface area contributed by atoms with E-state index < -0.39 is 0 Å². The number of aromatic nitrogens is 1. The van der Waals surface area contributed by atoms with Crippen LogP contribution in [0.15, 0.2) is 39.0 Å². The third kappa shape index (κ3) is 3.66. The molecule has 1 aromatic heterocycles. The third-order valence-corrected chi connectivity index (χ3v) is 6.38. The molecule has 2 aliphatic heterocycles. The van der Waals surface area contributed by atoms with Gasteiger partial charge in [-0.25, -0.2) is 0 Å². The van der Waals surface area contributed by atoms with Crippen molar-refractivity contribution in [2.24, 2.45) is 5.92 Å². The van der Waals surface area contributed by atoms with Crippen molar-refractivity contribution in [1.29, 1.82) is 0 Å². The molecule has 2 aliphatic rings. The van der Waals surface area contributed by atoms with Crippen LogP contribution in [-0.2, 0) is 4.74 Å². The molecule has 2 aromatic rings. The molecule has 1 saturated heterocycles. The second-order valence-electron chi connectivity index (χ2n) is 6.49. The summed E-state index contributed by atoms with van der Waals surface area (Å²) in [4.78, 5) is 15.8. The van der Waals surface area contributed by atoms with Crippen molar-refractivity contribution >= 4 is 38.6 Å². The lowest BCUT2D eigenvalue weighted by Crippen LogP contribution is -2.23. The first-order valence-corrected chi connectivity index (χ1v) is 10.3. The van der Waals surface area contributed by atoms with Crippen LogP contribution in [0, 0.1) is 5.92 Å². The van der Waals surface area contributed by atoms with Gasteiger partial charge in [-0.05, 0) is 48.8 Å². The summed E-state index contributed by atoms with van der Waals surface area (Å²) in [6.45, 7) is 2.22. The number of hydrogen-bond acceptors (Lipinski definition) is 4. The predicted molar refractivity (Wildman–Crippen MR) is 105 cm³/mol. The molecular weight excluding hydrogens is 402 g/mol. The zero-order valence-electron chi connectivity index (χ0n) is 13.8. The molecule has 1 atom stereocenters. The number of allylic oxidation sites excluding steroid dienone is 1. The Hall–Kier alpha value is -1.24. The van der Waals surface area contributed by atoms with Gasteiger partial charge in [-0.2, -0.15) is 0 Å². The number of rotatable bonds is 4. The van der Waals surface area contributed by atoms with Gasteiger partial charge in [-0.1, -0.05) is 22.0 Å². The highest BCUT2D eigenvalue weighted by Crippen LogP contribution is 2.43. The molecule has 0 amide bonds. The van der Waals surface area contributed by atoms with E-state index in [2.05, 4.69) is 32.4 Å². The van der Waals surface area contributed by atoms with Gasteiger partial charge in [0.15, 0.2) is 0 Å². The van der Waals surface area contributed by atoms with Crippen LogP contribution in [0.1, 0.15) is 30.1 Å². The van der Waals surface area contributed by atoms with E-state index in [1.807, 2.05) is 18.2 Å². The van der Waals surface area contributed by atoms with Crippen molar-refractivity contribution in [3.05, 3.63) is 50.1 Å². The van der Waals surface area contributed by atoms with Crippen molar-refractivity contribution in [1.82, 2.24) is 4.98 Å². The van der Waals surface area contributed by atoms with Crippen LogP contribution in [0.2, 0.25) is 0 Å². The minimum Gasteiger partial charge on any atom is -0.492 e. The molecule has 1 fully saturated rings. The number of benzene rings is 1. The minimum absolute atomic E-state index is 0.0435. The van der Waals surface area contributed by atoms with Gasteiger partial charge in [0.05, 0.1) is 17.7 Å². The van der Waals surface area contributed by atoms with Crippen molar-refractivity contribution in [3.63, 3.8) is 0 Å². The largest absolute Gasteiger partial charge is 0.492 e. The smallest absolute Gasteiger partial charge is 0.256 e. The Morgan fingerprint density at radius 2 is 2.16 bits per heavy atom.